The molecule has 1 aliphatic carbocycles. The molecule has 0 bridgehead atoms. The molecule has 138 valence electrons. The molecule has 0 aromatic heterocycles. The smallest absolute Gasteiger partial charge is 0.390 e. The summed E-state index contributed by atoms with van der Waals surface area (Å²) in [4.78, 5) is 16.9. The first-order valence-electron chi connectivity index (χ1n) is 8.95. The molecule has 2 N–H and O–H groups in total. The van der Waals surface area contributed by atoms with Crippen LogP contribution >= 0.6 is 0 Å². The Labute approximate surface area is 145 Å². The third kappa shape index (κ3) is 4.91. The molecule has 2 rings (SSSR count). The van der Waals surface area contributed by atoms with E-state index in [0.29, 0.717) is 0 Å². The molecule has 0 spiro atoms. The third-order valence-electron chi connectivity index (χ3n) is 4.50. The molecule has 1 saturated heterocycles. The molecule has 1 atom stereocenters. The van der Waals surface area contributed by atoms with E-state index in [2.05, 4.69) is 15.8 Å². The highest BCUT2D eigenvalue weighted by Gasteiger charge is 2.72. The summed E-state index contributed by atoms with van der Waals surface area (Å²) in [5, 5.41) is 0. The van der Waals surface area contributed by atoms with Gasteiger partial charge in [0.15, 0.2) is 6.79 Å². The van der Waals surface area contributed by atoms with Crippen molar-refractivity contribution in [3.63, 3.8) is 0 Å². The third-order valence-corrected chi connectivity index (χ3v) is 4.50. The van der Waals surface area contributed by atoms with Gasteiger partial charge in [-0.15, -0.1) is 0 Å². The van der Waals surface area contributed by atoms with Crippen LogP contribution in [0.15, 0.2) is 4.99 Å². The maximum Gasteiger partial charge on any atom is 0.566 e. The molecule has 0 aromatic rings. The van der Waals surface area contributed by atoms with Gasteiger partial charge in [-0.1, -0.05) is 31.1 Å². The first kappa shape index (κ1) is 19.1. The summed E-state index contributed by atoms with van der Waals surface area (Å²) >= 11 is 0. The van der Waals surface area contributed by atoms with Gasteiger partial charge in [-0.05, 0) is 38.3 Å². The summed E-state index contributed by atoms with van der Waals surface area (Å²) in [6.07, 6.45) is 8.40. The SMILES string of the molecule is CC(C)(C)N=CN[N+]1(C(=O)OCOC2CCCCCC2)NC1(C)C. The van der Waals surface area contributed by atoms with E-state index in [1.54, 1.807) is 6.34 Å². The first-order chi connectivity index (χ1) is 11.2. The number of ether oxygens (including phenoxy) is 2. The minimum atomic E-state index is -0.441. The molecule has 2 aliphatic rings. The molecule has 2 fully saturated rings. The van der Waals surface area contributed by atoms with Crippen molar-refractivity contribution >= 4 is 12.4 Å². The van der Waals surface area contributed by atoms with Crippen molar-refractivity contribution in [2.45, 2.75) is 90.4 Å². The average molecular weight is 341 g/mol. The Morgan fingerprint density at radius 3 is 2.38 bits per heavy atom. The van der Waals surface area contributed by atoms with E-state index < -0.39 is 11.8 Å². The molecular weight excluding hydrogens is 308 g/mol. The molecule has 7 nitrogen and oxygen atoms in total. The van der Waals surface area contributed by atoms with Crippen molar-refractivity contribution in [3.8, 4) is 0 Å². The van der Waals surface area contributed by atoms with Gasteiger partial charge in [0.05, 0.1) is 11.6 Å². The lowest BCUT2D eigenvalue weighted by atomic mass is 10.1. The highest BCUT2D eigenvalue weighted by Crippen LogP contribution is 2.33. The second kappa shape index (κ2) is 7.37. The number of quaternary nitrogens is 1. The van der Waals surface area contributed by atoms with Crippen molar-refractivity contribution < 1.29 is 19.0 Å². The molecule has 0 aromatic carbocycles. The van der Waals surface area contributed by atoms with Crippen molar-refractivity contribution in [1.82, 2.24) is 10.9 Å². The van der Waals surface area contributed by atoms with Gasteiger partial charge >= 0.3 is 6.09 Å². The Balaban J connectivity index is 1.82. The minimum Gasteiger partial charge on any atom is -0.390 e. The van der Waals surface area contributed by atoms with Crippen molar-refractivity contribution in [1.29, 1.82) is 0 Å². The van der Waals surface area contributed by atoms with Crippen LogP contribution in [0.5, 0.6) is 0 Å². The number of amides is 1. The second-order valence-corrected chi connectivity index (χ2v) is 8.21. The van der Waals surface area contributed by atoms with Crippen LogP contribution in [0, 0.1) is 0 Å². The molecule has 24 heavy (non-hydrogen) atoms. The number of nitrogens with zero attached hydrogens (tertiary/aromatic N) is 2. The molecule has 1 unspecified atom stereocenters. The Hall–Kier alpha value is -1.18. The molecule has 0 radical (unpaired) electrons. The Morgan fingerprint density at radius 2 is 1.88 bits per heavy atom. The van der Waals surface area contributed by atoms with E-state index in [1.165, 1.54) is 25.7 Å². The maximum atomic E-state index is 12.5. The van der Waals surface area contributed by atoms with Crippen molar-refractivity contribution in [2.24, 2.45) is 4.99 Å². The number of aliphatic imine (C=N–C) groups is 1. The van der Waals surface area contributed by atoms with Crippen molar-refractivity contribution in [2.75, 3.05) is 6.79 Å². The zero-order chi connectivity index (χ0) is 17.8. The summed E-state index contributed by atoms with van der Waals surface area (Å²) in [6, 6.07) is 0. The monoisotopic (exact) mass is 341 g/mol. The lowest BCUT2D eigenvalue weighted by Gasteiger charge is -2.18. The fourth-order valence-corrected chi connectivity index (χ4v) is 2.90. The number of hydrogen-bond donors (Lipinski definition) is 2. The van der Waals surface area contributed by atoms with Gasteiger partial charge in [0, 0.05) is 13.8 Å². The molecular formula is C17H33N4O3+. The van der Waals surface area contributed by atoms with Crippen LogP contribution in [0.25, 0.3) is 0 Å². The zero-order valence-corrected chi connectivity index (χ0v) is 15.7. The van der Waals surface area contributed by atoms with E-state index in [-0.39, 0.29) is 23.1 Å². The van der Waals surface area contributed by atoms with E-state index in [1.807, 2.05) is 34.6 Å². The molecule has 1 amide bonds. The minimum absolute atomic E-state index is 0.000641. The van der Waals surface area contributed by atoms with Crippen LogP contribution < -0.4 is 10.9 Å². The first-order valence-corrected chi connectivity index (χ1v) is 8.95. The zero-order valence-electron chi connectivity index (χ0n) is 15.7. The topological polar surface area (TPSA) is 81.9 Å². The highest BCUT2D eigenvalue weighted by atomic mass is 16.7. The average Bonchev–Trinajstić information content (AvgIpc) is 3.11. The summed E-state index contributed by atoms with van der Waals surface area (Å²) in [6.45, 7) is 9.84. The van der Waals surface area contributed by atoms with Crippen LogP contribution in [-0.2, 0) is 9.47 Å². The molecule has 1 aliphatic heterocycles. The van der Waals surface area contributed by atoms with E-state index in [9.17, 15) is 4.79 Å². The Bertz CT molecular complexity index is 465. The van der Waals surface area contributed by atoms with Gasteiger partial charge in [0.1, 0.15) is 6.34 Å². The molecule has 1 heterocycles. The quantitative estimate of drug-likeness (QED) is 0.200. The summed E-state index contributed by atoms with van der Waals surface area (Å²) in [7, 11) is 0. The predicted octanol–water partition coefficient (Wildman–Crippen LogP) is 3.22. The Kier molecular flexibility index (Phi) is 5.88. The molecule has 1 saturated carbocycles. The normalized spacial score (nSPS) is 27.7. The van der Waals surface area contributed by atoms with Gasteiger partial charge in [-0.2, -0.15) is 10.2 Å². The highest BCUT2D eigenvalue weighted by molar-refractivity contribution is 5.64. The number of carbonyl (C=O) groups excluding carboxylic acids is 1. The van der Waals surface area contributed by atoms with Gasteiger partial charge in [0.2, 0.25) is 5.66 Å². The van der Waals surface area contributed by atoms with Crippen molar-refractivity contribution in [3.05, 3.63) is 0 Å². The van der Waals surface area contributed by atoms with E-state index >= 15 is 0 Å². The van der Waals surface area contributed by atoms with E-state index in [0.717, 1.165) is 12.8 Å². The van der Waals surface area contributed by atoms with Gasteiger partial charge in [-0.25, -0.2) is 0 Å². The number of rotatable bonds is 5. The van der Waals surface area contributed by atoms with Crippen LogP contribution in [-0.4, -0.2) is 41.2 Å². The van der Waals surface area contributed by atoms with Crippen LogP contribution in [0.2, 0.25) is 0 Å². The van der Waals surface area contributed by atoms with Crippen LogP contribution in [0.3, 0.4) is 0 Å². The fraction of sp³-hybridized carbons (Fsp3) is 0.882. The molecule has 7 heteroatoms. The second-order valence-electron chi connectivity index (χ2n) is 8.21. The Morgan fingerprint density at radius 1 is 1.29 bits per heavy atom. The van der Waals surface area contributed by atoms with Gasteiger partial charge < -0.3 is 9.47 Å². The van der Waals surface area contributed by atoms with Gasteiger partial charge in [-0.3, -0.25) is 4.99 Å². The van der Waals surface area contributed by atoms with Gasteiger partial charge in [0.25, 0.3) is 0 Å². The standard InChI is InChI=1S/C17H33N4O3/c1-16(2,3)18-12-19-21(17(4,5)20-21)15(22)24-13-23-14-10-8-6-7-9-11-14/h12,14,20H,6-11,13H2,1-5H3,(H,18,19)/q+1. The summed E-state index contributed by atoms with van der Waals surface area (Å²) < 4.78 is 10.9. The summed E-state index contributed by atoms with van der Waals surface area (Å²) in [5.74, 6) is 0. The predicted molar refractivity (Wildman–Crippen MR) is 92.8 cm³/mol. The number of carbonyl (C=O) groups is 1. The lowest BCUT2D eigenvalue weighted by Crippen LogP contribution is -2.51. The largest absolute Gasteiger partial charge is 0.566 e. The summed E-state index contributed by atoms with van der Waals surface area (Å²) in [5.41, 5.74) is 5.48. The van der Waals surface area contributed by atoms with Crippen LogP contribution in [0.4, 0.5) is 4.79 Å². The number of nitrogens with one attached hydrogen (secondary N) is 2. The van der Waals surface area contributed by atoms with E-state index in [4.69, 9.17) is 9.47 Å². The van der Waals surface area contributed by atoms with Crippen LogP contribution in [0.1, 0.15) is 73.1 Å². The number of hydrogen-bond acceptors (Lipinski definition) is 5. The fourth-order valence-electron chi connectivity index (χ4n) is 2.90. The maximum absolute atomic E-state index is 12.5. The lowest BCUT2D eigenvalue weighted by molar-refractivity contribution is -0.810.